The van der Waals surface area contributed by atoms with Crippen LogP contribution in [0.4, 0.5) is 23.7 Å². The first-order valence-electron chi connectivity index (χ1n) is 3.67. The first kappa shape index (κ1) is 11.6. The Hall–Kier alpha value is -1.43. The second-order valence-electron chi connectivity index (χ2n) is 2.62. The molecule has 1 amide bonds. The van der Waals surface area contributed by atoms with Gasteiger partial charge in [0.15, 0.2) is 0 Å². The van der Waals surface area contributed by atoms with Gasteiger partial charge in [0, 0.05) is 0 Å². The third kappa shape index (κ3) is 3.02. The maximum Gasteiger partial charge on any atom is 0.416 e. The summed E-state index contributed by atoms with van der Waals surface area (Å²) >= 11 is 5.50. The van der Waals surface area contributed by atoms with Gasteiger partial charge in [0.2, 0.25) is 0 Å². The number of alkyl halides is 3. The van der Waals surface area contributed by atoms with E-state index in [1.165, 1.54) is 0 Å². The van der Waals surface area contributed by atoms with Gasteiger partial charge >= 0.3 is 12.3 Å². The third-order valence-electron chi connectivity index (χ3n) is 1.54. The minimum absolute atomic E-state index is 0.0922. The van der Waals surface area contributed by atoms with Gasteiger partial charge in [-0.1, -0.05) is 11.6 Å². The van der Waals surface area contributed by atoms with E-state index in [1.807, 2.05) is 0 Å². The Balaban J connectivity index is 3.11. The first-order valence-corrected chi connectivity index (χ1v) is 4.05. The quantitative estimate of drug-likeness (QED) is 0.789. The minimum atomic E-state index is -4.53. The minimum Gasteiger partial charge on any atom is -0.465 e. The molecule has 0 radical (unpaired) electrons. The van der Waals surface area contributed by atoms with Crippen LogP contribution in [0, 0.1) is 0 Å². The van der Waals surface area contributed by atoms with Crippen LogP contribution in [-0.2, 0) is 6.18 Å². The molecule has 1 aromatic carbocycles. The predicted octanol–water partition coefficient (Wildman–Crippen LogP) is 3.45. The molecule has 82 valence electrons. The van der Waals surface area contributed by atoms with Crippen molar-refractivity contribution in [3.63, 3.8) is 0 Å². The molecule has 2 N–H and O–H groups in total. The van der Waals surface area contributed by atoms with E-state index in [2.05, 4.69) is 0 Å². The number of halogens is 4. The molecule has 0 spiro atoms. The fourth-order valence-electron chi connectivity index (χ4n) is 0.913. The number of anilines is 1. The molecule has 0 aliphatic heterocycles. The Morgan fingerprint density at radius 2 is 2.00 bits per heavy atom. The highest BCUT2D eigenvalue weighted by Gasteiger charge is 2.31. The van der Waals surface area contributed by atoms with Crippen LogP contribution in [0.25, 0.3) is 0 Å². The van der Waals surface area contributed by atoms with Crippen molar-refractivity contribution in [2.75, 3.05) is 5.32 Å². The lowest BCUT2D eigenvalue weighted by Crippen LogP contribution is -2.10. The highest BCUT2D eigenvalue weighted by Crippen LogP contribution is 2.33. The molecule has 0 saturated carbocycles. The predicted molar refractivity (Wildman–Crippen MR) is 48.1 cm³/mol. The van der Waals surface area contributed by atoms with Crippen LogP contribution in [0.3, 0.4) is 0 Å². The number of carboxylic acid groups (broad SMARTS) is 1. The summed E-state index contributed by atoms with van der Waals surface area (Å²) in [6.07, 6.45) is -6.00. The van der Waals surface area contributed by atoms with Gasteiger partial charge < -0.3 is 5.11 Å². The summed E-state index contributed by atoms with van der Waals surface area (Å²) in [5.41, 5.74) is -1.25. The van der Waals surface area contributed by atoms with Crippen molar-refractivity contribution in [3.05, 3.63) is 28.8 Å². The molecule has 0 fully saturated rings. The topological polar surface area (TPSA) is 49.3 Å². The average molecular weight is 240 g/mol. The molecule has 0 bridgehead atoms. The molecule has 0 heterocycles. The summed E-state index contributed by atoms with van der Waals surface area (Å²) in [5.74, 6) is 0. The molecule has 1 rings (SSSR count). The van der Waals surface area contributed by atoms with Gasteiger partial charge in [-0.15, -0.1) is 0 Å². The molecular weight excluding hydrogens is 235 g/mol. The molecule has 0 unspecified atom stereocenters. The van der Waals surface area contributed by atoms with Crippen molar-refractivity contribution in [2.24, 2.45) is 0 Å². The molecule has 15 heavy (non-hydrogen) atoms. The van der Waals surface area contributed by atoms with Gasteiger partial charge in [-0.3, -0.25) is 5.32 Å². The molecule has 1 aromatic rings. The van der Waals surface area contributed by atoms with Crippen molar-refractivity contribution < 1.29 is 23.1 Å². The van der Waals surface area contributed by atoms with E-state index >= 15 is 0 Å². The molecule has 0 aromatic heterocycles. The number of hydrogen-bond donors (Lipinski definition) is 2. The van der Waals surface area contributed by atoms with Crippen LogP contribution in [0.1, 0.15) is 5.56 Å². The van der Waals surface area contributed by atoms with Gasteiger partial charge in [0.1, 0.15) is 0 Å². The summed E-state index contributed by atoms with van der Waals surface area (Å²) in [5, 5.41) is 10.0. The zero-order valence-electron chi connectivity index (χ0n) is 7.10. The van der Waals surface area contributed by atoms with Crippen molar-refractivity contribution in [1.82, 2.24) is 0 Å². The normalized spacial score (nSPS) is 11.2. The summed E-state index contributed by atoms with van der Waals surface area (Å²) in [4.78, 5) is 10.2. The SMILES string of the molecule is O=C(O)Nc1cc(C(F)(F)F)ccc1Cl. The zero-order chi connectivity index (χ0) is 11.6. The van der Waals surface area contributed by atoms with Gasteiger partial charge in [0.05, 0.1) is 16.3 Å². The van der Waals surface area contributed by atoms with Crippen molar-refractivity contribution in [1.29, 1.82) is 0 Å². The van der Waals surface area contributed by atoms with E-state index < -0.39 is 17.8 Å². The molecule has 0 saturated heterocycles. The van der Waals surface area contributed by atoms with Crippen LogP contribution in [0.15, 0.2) is 18.2 Å². The van der Waals surface area contributed by atoms with E-state index in [0.717, 1.165) is 12.1 Å². The second-order valence-corrected chi connectivity index (χ2v) is 3.03. The molecular formula is C8H5ClF3NO2. The zero-order valence-corrected chi connectivity index (χ0v) is 7.86. The number of benzene rings is 1. The Bertz CT molecular complexity index is 392. The van der Waals surface area contributed by atoms with E-state index in [-0.39, 0.29) is 10.7 Å². The number of hydrogen-bond acceptors (Lipinski definition) is 1. The van der Waals surface area contributed by atoms with Gasteiger partial charge in [-0.2, -0.15) is 13.2 Å². The van der Waals surface area contributed by atoms with Crippen LogP contribution in [-0.4, -0.2) is 11.2 Å². The van der Waals surface area contributed by atoms with Gasteiger partial charge in [-0.25, -0.2) is 4.79 Å². The van der Waals surface area contributed by atoms with Crippen molar-refractivity contribution in [2.45, 2.75) is 6.18 Å². The molecule has 7 heteroatoms. The molecule has 0 atom stereocenters. The van der Waals surface area contributed by atoms with Crippen LogP contribution in [0.5, 0.6) is 0 Å². The Morgan fingerprint density at radius 1 is 1.40 bits per heavy atom. The lowest BCUT2D eigenvalue weighted by atomic mass is 10.2. The highest BCUT2D eigenvalue weighted by molar-refractivity contribution is 6.33. The lowest BCUT2D eigenvalue weighted by Gasteiger charge is -2.09. The largest absolute Gasteiger partial charge is 0.465 e. The van der Waals surface area contributed by atoms with E-state index in [9.17, 15) is 18.0 Å². The number of amides is 1. The fourth-order valence-corrected chi connectivity index (χ4v) is 1.08. The number of rotatable bonds is 1. The number of nitrogens with one attached hydrogen (secondary N) is 1. The Kier molecular flexibility index (Phi) is 3.09. The summed E-state index contributed by atoms with van der Waals surface area (Å²) in [7, 11) is 0. The molecule has 0 aliphatic rings. The monoisotopic (exact) mass is 239 g/mol. The van der Waals surface area contributed by atoms with Gasteiger partial charge in [-0.05, 0) is 18.2 Å². The standard InChI is InChI=1S/C8H5ClF3NO2/c9-5-2-1-4(8(10,11)12)3-6(5)13-7(14)15/h1-3,13H,(H,14,15). The smallest absolute Gasteiger partial charge is 0.416 e. The molecule has 3 nitrogen and oxygen atoms in total. The van der Waals surface area contributed by atoms with Crippen LogP contribution in [0.2, 0.25) is 5.02 Å². The van der Waals surface area contributed by atoms with Crippen LogP contribution >= 0.6 is 11.6 Å². The summed E-state index contributed by atoms with van der Waals surface area (Å²) in [6.45, 7) is 0. The third-order valence-corrected chi connectivity index (χ3v) is 1.86. The Labute approximate surface area is 87.5 Å². The summed E-state index contributed by atoms with van der Waals surface area (Å²) < 4.78 is 36.7. The number of carbonyl (C=O) groups is 1. The lowest BCUT2D eigenvalue weighted by molar-refractivity contribution is -0.137. The van der Waals surface area contributed by atoms with Crippen LogP contribution < -0.4 is 5.32 Å². The second kappa shape index (κ2) is 3.98. The maximum atomic E-state index is 12.2. The van der Waals surface area contributed by atoms with E-state index in [1.54, 1.807) is 5.32 Å². The van der Waals surface area contributed by atoms with Crippen molar-refractivity contribution >= 4 is 23.4 Å². The van der Waals surface area contributed by atoms with Gasteiger partial charge in [0.25, 0.3) is 0 Å². The van der Waals surface area contributed by atoms with E-state index in [0.29, 0.717) is 6.07 Å². The molecule has 0 aliphatic carbocycles. The van der Waals surface area contributed by atoms with E-state index in [4.69, 9.17) is 16.7 Å². The first-order chi connectivity index (χ1) is 6.80. The average Bonchev–Trinajstić information content (AvgIpc) is 2.06. The highest BCUT2D eigenvalue weighted by atomic mass is 35.5. The summed E-state index contributed by atoms with van der Waals surface area (Å²) in [6, 6.07) is 2.39. The maximum absolute atomic E-state index is 12.2. The van der Waals surface area contributed by atoms with Crippen molar-refractivity contribution in [3.8, 4) is 0 Å². The fraction of sp³-hybridized carbons (Fsp3) is 0.125. The Morgan fingerprint density at radius 3 is 2.47 bits per heavy atom.